The van der Waals surface area contributed by atoms with Crippen molar-refractivity contribution in [1.29, 1.82) is 0 Å². The van der Waals surface area contributed by atoms with Crippen LogP contribution in [0.25, 0.3) is 49.7 Å². The number of para-hydroxylation sites is 1. The summed E-state index contributed by atoms with van der Waals surface area (Å²) in [5.41, 5.74) is 14.4. The minimum absolute atomic E-state index is 0.0251. The number of aryl methyl sites for hydroxylation is 2. The third kappa shape index (κ3) is 2.89. The minimum atomic E-state index is -0.0251. The second-order valence-electron chi connectivity index (χ2n) is 10.8. The van der Waals surface area contributed by atoms with Gasteiger partial charge in [-0.1, -0.05) is 80.6 Å². The van der Waals surface area contributed by atoms with Crippen LogP contribution in [0.3, 0.4) is 0 Å². The van der Waals surface area contributed by atoms with E-state index in [0.29, 0.717) is 0 Å². The van der Waals surface area contributed by atoms with E-state index in [9.17, 15) is 0 Å². The molecule has 5 aromatic carbocycles. The second-order valence-corrected chi connectivity index (χ2v) is 10.8. The van der Waals surface area contributed by atoms with E-state index < -0.39 is 0 Å². The topological polar surface area (TPSA) is 4.93 Å². The van der Waals surface area contributed by atoms with Crippen molar-refractivity contribution in [2.75, 3.05) is 0 Å². The van der Waals surface area contributed by atoms with Gasteiger partial charge in [-0.25, -0.2) is 0 Å². The molecule has 1 heterocycles. The number of rotatable bonds is 2. The molecule has 0 bridgehead atoms. The lowest BCUT2D eigenvalue weighted by molar-refractivity contribution is 0.661. The Morgan fingerprint density at radius 1 is 0.528 bits per heavy atom. The summed E-state index contributed by atoms with van der Waals surface area (Å²) in [5.74, 6) is 0. The van der Waals surface area contributed by atoms with Crippen molar-refractivity contribution < 1.29 is 0 Å². The second kappa shape index (κ2) is 7.45. The van der Waals surface area contributed by atoms with Gasteiger partial charge in [-0.3, -0.25) is 0 Å². The zero-order valence-electron chi connectivity index (χ0n) is 21.3. The molecule has 0 N–H and O–H groups in total. The van der Waals surface area contributed by atoms with E-state index in [1.165, 1.54) is 72.0 Å². The molecule has 0 aliphatic heterocycles. The maximum Gasteiger partial charge on any atom is 0.0544 e. The van der Waals surface area contributed by atoms with E-state index in [1.54, 1.807) is 0 Å². The summed E-state index contributed by atoms with van der Waals surface area (Å²) in [6.45, 7) is 9.09. The average molecular weight is 464 g/mol. The summed E-state index contributed by atoms with van der Waals surface area (Å²) >= 11 is 0. The molecule has 174 valence electrons. The van der Waals surface area contributed by atoms with Crippen LogP contribution in [0.2, 0.25) is 0 Å². The first kappa shape index (κ1) is 21.2. The predicted molar refractivity (Wildman–Crippen MR) is 153 cm³/mol. The fourth-order valence-electron chi connectivity index (χ4n) is 6.17. The molecule has 0 radical (unpaired) electrons. The summed E-state index contributed by atoms with van der Waals surface area (Å²) in [4.78, 5) is 0. The van der Waals surface area contributed by atoms with E-state index in [-0.39, 0.29) is 5.41 Å². The minimum Gasteiger partial charge on any atom is -0.309 e. The standard InChI is InChI=1S/C35H29N/c1-22-14-15-24(18-23(22)2)25-16-17-33-29(19-25)30-20-28-27-12-8-9-13-31(27)35(3,4)32(28)21-34(30)36(33)26-10-6-5-7-11-26/h5-21H,1-4H3. The zero-order chi connectivity index (χ0) is 24.6. The third-order valence-corrected chi connectivity index (χ3v) is 8.32. The first-order chi connectivity index (χ1) is 17.4. The highest BCUT2D eigenvalue weighted by molar-refractivity contribution is 6.12. The number of benzene rings is 5. The molecule has 0 spiro atoms. The molecule has 1 heteroatoms. The number of fused-ring (bicyclic) bond motifs is 6. The van der Waals surface area contributed by atoms with Crippen molar-refractivity contribution in [2.45, 2.75) is 33.1 Å². The Kier molecular flexibility index (Phi) is 4.39. The lowest BCUT2D eigenvalue weighted by Crippen LogP contribution is -2.14. The zero-order valence-corrected chi connectivity index (χ0v) is 21.3. The highest BCUT2D eigenvalue weighted by Crippen LogP contribution is 2.51. The van der Waals surface area contributed by atoms with E-state index >= 15 is 0 Å². The Labute approximate surface area is 212 Å². The number of nitrogens with zero attached hydrogens (tertiary/aromatic N) is 1. The van der Waals surface area contributed by atoms with Crippen LogP contribution in [0.5, 0.6) is 0 Å². The first-order valence-corrected chi connectivity index (χ1v) is 12.8. The van der Waals surface area contributed by atoms with Gasteiger partial charge >= 0.3 is 0 Å². The fraction of sp³-hybridized carbons (Fsp3) is 0.143. The fourth-order valence-corrected chi connectivity index (χ4v) is 6.17. The Hall–Kier alpha value is -4.10. The quantitative estimate of drug-likeness (QED) is 0.241. The van der Waals surface area contributed by atoms with Gasteiger partial charge < -0.3 is 4.57 Å². The van der Waals surface area contributed by atoms with E-state index in [2.05, 4.69) is 135 Å². The first-order valence-electron chi connectivity index (χ1n) is 12.8. The highest BCUT2D eigenvalue weighted by Gasteiger charge is 2.36. The summed E-state index contributed by atoms with van der Waals surface area (Å²) < 4.78 is 2.44. The molecule has 6 aromatic rings. The molecule has 1 aromatic heterocycles. The molecule has 1 aliphatic carbocycles. The lowest BCUT2D eigenvalue weighted by Gasteiger charge is -2.21. The van der Waals surface area contributed by atoms with E-state index in [4.69, 9.17) is 0 Å². The van der Waals surface area contributed by atoms with Gasteiger partial charge in [0.25, 0.3) is 0 Å². The van der Waals surface area contributed by atoms with Crippen LogP contribution in [0.15, 0.2) is 103 Å². The molecule has 0 unspecified atom stereocenters. The monoisotopic (exact) mass is 463 g/mol. The maximum absolute atomic E-state index is 2.45. The van der Waals surface area contributed by atoms with Crippen molar-refractivity contribution in [3.05, 3.63) is 125 Å². The summed E-state index contributed by atoms with van der Waals surface area (Å²) in [7, 11) is 0. The lowest BCUT2D eigenvalue weighted by atomic mass is 9.82. The molecule has 0 saturated carbocycles. The predicted octanol–water partition coefficient (Wildman–Crippen LogP) is 9.37. The molecule has 1 aliphatic rings. The largest absolute Gasteiger partial charge is 0.309 e. The Bertz CT molecular complexity index is 1820. The van der Waals surface area contributed by atoms with Crippen LogP contribution >= 0.6 is 0 Å². The molecule has 7 rings (SSSR count). The Morgan fingerprint density at radius 3 is 2.03 bits per heavy atom. The molecule has 1 nitrogen and oxygen atoms in total. The van der Waals surface area contributed by atoms with Crippen molar-refractivity contribution in [3.63, 3.8) is 0 Å². The smallest absolute Gasteiger partial charge is 0.0544 e. The molecule has 0 saturated heterocycles. The molecule has 0 atom stereocenters. The van der Waals surface area contributed by atoms with Gasteiger partial charge in [0.1, 0.15) is 0 Å². The van der Waals surface area contributed by atoms with Gasteiger partial charge in [-0.05, 0) is 94.8 Å². The summed E-state index contributed by atoms with van der Waals surface area (Å²) in [6.07, 6.45) is 0. The third-order valence-electron chi connectivity index (χ3n) is 8.32. The van der Waals surface area contributed by atoms with Gasteiger partial charge in [-0.15, -0.1) is 0 Å². The van der Waals surface area contributed by atoms with Gasteiger partial charge in [0.2, 0.25) is 0 Å². The van der Waals surface area contributed by atoms with Crippen molar-refractivity contribution in [2.24, 2.45) is 0 Å². The van der Waals surface area contributed by atoms with Crippen molar-refractivity contribution in [3.8, 4) is 27.9 Å². The van der Waals surface area contributed by atoms with Gasteiger partial charge in [0.15, 0.2) is 0 Å². The Morgan fingerprint density at radius 2 is 1.22 bits per heavy atom. The summed E-state index contributed by atoms with van der Waals surface area (Å²) in [6, 6.07) is 38.3. The van der Waals surface area contributed by atoms with Gasteiger partial charge in [0, 0.05) is 21.9 Å². The number of hydrogen-bond donors (Lipinski definition) is 0. The van der Waals surface area contributed by atoms with Gasteiger partial charge in [-0.2, -0.15) is 0 Å². The summed E-state index contributed by atoms with van der Waals surface area (Å²) in [5, 5.41) is 2.61. The Balaban J connectivity index is 1.58. The maximum atomic E-state index is 2.45. The molecule has 0 amide bonds. The van der Waals surface area contributed by atoms with Crippen LogP contribution in [-0.2, 0) is 5.41 Å². The van der Waals surface area contributed by atoms with Crippen LogP contribution < -0.4 is 0 Å². The normalized spacial score (nSPS) is 13.8. The van der Waals surface area contributed by atoms with Crippen LogP contribution in [0.1, 0.15) is 36.1 Å². The number of hydrogen-bond acceptors (Lipinski definition) is 0. The molecular weight excluding hydrogens is 434 g/mol. The van der Waals surface area contributed by atoms with E-state index in [0.717, 1.165) is 0 Å². The van der Waals surface area contributed by atoms with Crippen LogP contribution in [0, 0.1) is 13.8 Å². The average Bonchev–Trinajstić information content (AvgIpc) is 3.33. The van der Waals surface area contributed by atoms with Crippen LogP contribution in [0.4, 0.5) is 0 Å². The number of aromatic nitrogens is 1. The molecule has 36 heavy (non-hydrogen) atoms. The molecule has 0 fully saturated rings. The van der Waals surface area contributed by atoms with E-state index in [1.807, 2.05) is 0 Å². The van der Waals surface area contributed by atoms with Crippen molar-refractivity contribution >= 4 is 21.8 Å². The molecular formula is C35H29N. The highest BCUT2D eigenvalue weighted by atomic mass is 15.0. The van der Waals surface area contributed by atoms with Crippen molar-refractivity contribution in [1.82, 2.24) is 4.57 Å². The van der Waals surface area contributed by atoms with Gasteiger partial charge in [0.05, 0.1) is 11.0 Å². The SMILES string of the molecule is Cc1ccc(-c2ccc3c(c2)c2cc4c(cc2n3-c2ccccc2)C(C)(C)c2ccccc2-4)cc1C. The van der Waals surface area contributed by atoms with Crippen LogP contribution in [-0.4, -0.2) is 4.57 Å².